The molecule has 1 aliphatic heterocycles. The Labute approximate surface area is 117 Å². The molecule has 1 saturated carbocycles. The Morgan fingerprint density at radius 1 is 1.16 bits per heavy atom. The molecule has 2 N–H and O–H groups in total. The Morgan fingerprint density at radius 2 is 1.79 bits per heavy atom. The van der Waals surface area contributed by atoms with Crippen LogP contribution in [0.1, 0.15) is 45.4 Å². The molecule has 4 nitrogen and oxygen atoms in total. The van der Waals surface area contributed by atoms with Crippen LogP contribution in [0.2, 0.25) is 0 Å². The molecule has 2 fully saturated rings. The number of hydrogen-bond donors (Lipinski definition) is 1. The second-order valence-electron chi connectivity index (χ2n) is 6.42. The normalized spacial score (nSPS) is 32.2. The van der Waals surface area contributed by atoms with Gasteiger partial charge in [-0.15, -0.1) is 0 Å². The van der Waals surface area contributed by atoms with Crippen molar-refractivity contribution in [3.8, 4) is 0 Å². The molecule has 1 amide bonds. The summed E-state index contributed by atoms with van der Waals surface area (Å²) in [5.41, 5.74) is 5.92. The molecule has 1 aliphatic carbocycles. The maximum absolute atomic E-state index is 12.5. The van der Waals surface area contributed by atoms with E-state index in [-0.39, 0.29) is 11.9 Å². The van der Waals surface area contributed by atoms with E-state index in [1.165, 1.54) is 38.5 Å². The van der Waals surface area contributed by atoms with E-state index in [4.69, 9.17) is 5.73 Å². The van der Waals surface area contributed by atoms with Gasteiger partial charge in [-0.2, -0.15) is 0 Å². The fourth-order valence-electron chi connectivity index (χ4n) is 3.73. The van der Waals surface area contributed by atoms with Crippen molar-refractivity contribution in [1.82, 2.24) is 9.80 Å². The van der Waals surface area contributed by atoms with Crippen molar-refractivity contribution in [3.63, 3.8) is 0 Å². The number of carbonyl (C=O) groups excluding carboxylic acids is 1. The molecule has 0 aromatic carbocycles. The molecule has 0 aromatic heterocycles. The van der Waals surface area contributed by atoms with Crippen molar-refractivity contribution < 1.29 is 4.79 Å². The molecule has 4 heteroatoms. The van der Waals surface area contributed by atoms with Gasteiger partial charge in [-0.25, -0.2) is 0 Å². The topological polar surface area (TPSA) is 49.6 Å². The van der Waals surface area contributed by atoms with E-state index in [2.05, 4.69) is 11.8 Å². The maximum Gasteiger partial charge on any atom is 0.240 e. The highest BCUT2D eigenvalue weighted by Gasteiger charge is 2.36. The van der Waals surface area contributed by atoms with Crippen molar-refractivity contribution in [2.75, 3.05) is 26.7 Å². The Bertz CT molecular complexity index is 300. The zero-order valence-electron chi connectivity index (χ0n) is 12.5. The Balaban J connectivity index is 2.15. The summed E-state index contributed by atoms with van der Waals surface area (Å²) in [6.45, 7) is 4.57. The second kappa shape index (κ2) is 6.71. The minimum absolute atomic E-state index is 0.0990. The lowest BCUT2D eigenvalue weighted by Crippen LogP contribution is -2.53. The molecule has 0 aromatic rings. The summed E-state index contributed by atoms with van der Waals surface area (Å²) < 4.78 is 0. The lowest BCUT2D eigenvalue weighted by Gasteiger charge is -2.36. The molecule has 2 rings (SSSR count). The van der Waals surface area contributed by atoms with Gasteiger partial charge in [-0.05, 0) is 18.8 Å². The van der Waals surface area contributed by atoms with Crippen LogP contribution >= 0.6 is 0 Å². The average molecular weight is 267 g/mol. The van der Waals surface area contributed by atoms with Crippen LogP contribution < -0.4 is 5.73 Å². The van der Waals surface area contributed by atoms with Gasteiger partial charge >= 0.3 is 0 Å². The summed E-state index contributed by atoms with van der Waals surface area (Å²) in [6.07, 6.45) is 7.77. The van der Waals surface area contributed by atoms with Crippen LogP contribution in [-0.2, 0) is 4.79 Å². The van der Waals surface area contributed by atoms with E-state index in [1.54, 1.807) is 0 Å². The van der Waals surface area contributed by atoms with Crippen molar-refractivity contribution in [2.45, 2.75) is 57.5 Å². The third-order valence-electron chi connectivity index (χ3n) is 4.69. The predicted molar refractivity (Wildman–Crippen MR) is 77.8 cm³/mol. The largest absolute Gasteiger partial charge is 0.344 e. The van der Waals surface area contributed by atoms with Crippen LogP contribution in [0.15, 0.2) is 0 Å². The van der Waals surface area contributed by atoms with Gasteiger partial charge in [0.25, 0.3) is 0 Å². The number of rotatable bonds is 2. The Hall–Kier alpha value is -0.610. The number of hydrogen-bond acceptors (Lipinski definition) is 3. The van der Waals surface area contributed by atoms with Gasteiger partial charge in [0, 0.05) is 32.7 Å². The van der Waals surface area contributed by atoms with Gasteiger partial charge in [0.2, 0.25) is 5.91 Å². The van der Waals surface area contributed by atoms with Crippen molar-refractivity contribution in [3.05, 3.63) is 0 Å². The number of nitrogens with two attached hydrogens (primary N) is 1. The SMILES string of the molecule is CC1CN(C)C(=O)C(CN)N(C2CCCCCC2)C1. The zero-order valence-corrected chi connectivity index (χ0v) is 12.5. The third-order valence-corrected chi connectivity index (χ3v) is 4.69. The first-order valence-corrected chi connectivity index (χ1v) is 7.84. The highest BCUT2D eigenvalue weighted by Crippen LogP contribution is 2.26. The van der Waals surface area contributed by atoms with Gasteiger partial charge in [-0.3, -0.25) is 9.69 Å². The van der Waals surface area contributed by atoms with E-state index in [1.807, 2.05) is 11.9 Å². The first-order valence-electron chi connectivity index (χ1n) is 7.84. The number of likely N-dealkylation sites (N-methyl/N-ethyl adjacent to an activating group) is 1. The van der Waals surface area contributed by atoms with Crippen molar-refractivity contribution in [1.29, 1.82) is 0 Å². The molecule has 2 atom stereocenters. The zero-order chi connectivity index (χ0) is 13.8. The Morgan fingerprint density at radius 3 is 2.37 bits per heavy atom. The van der Waals surface area contributed by atoms with Gasteiger partial charge < -0.3 is 10.6 Å². The minimum atomic E-state index is -0.0990. The minimum Gasteiger partial charge on any atom is -0.344 e. The predicted octanol–water partition coefficient (Wildman–Crippen LogP) is 1.45. The van der Waals surface area contributed by atoms with Gasteiger partial charge in [0.05, 0.1) is 0 Å². The molecular weight excluding hydrogens is 238 g/mol. The molecule has 2 aliphatic rings. The summed E-state index contributed by atoms with van der Waals surface area (Å²) in [7, 11) is 1.91. The molecule has 0 bridgehead atoms. The van der Waals surface area contributed by atoms with E-state index in [9.17, 15) is 4.79 Å². The molecule has 110 valence electrons. The number of carbonyl (C=O) groups is 1. The fraction of sp³-hybridized carbons (Fsp3) is 0.933. The van der Waals surface area contributed by atoms with Gasteiger partial charge in [0.15, 0.2) is 0 Å². The van der Waals surface area contributed by atoms with Crippen LogP contribution in [0.3, 0.4) is 0 Å². The quantitative estimate of drug-likeness (QED) is 0.770. The van der Waals surface area contributed by atoms with Crippen molar-refractivity contribution in [2.24, 2.45) is 11.7 Å². The average Bonchev–Trinajstić information content (AvgIpc) is 2.70. The first-order chi connectivity index (χ1) is 9.13. The number of nitrogens with zero attached hydrogens (tertiary/aromatic N) is 2. The first kappa shape index (κ1) is 14.8. The van der Waals surface area contributed by atoms with Crippen LogP contribution in [0.5, 0.6) is 0 Å². The third kappa shape index (κ3) is 3.48. The fourth-order valence-corrected chi connectivity index (χ4v) is 3.73. The van der Waals surface area contributed by atoms with E-state index >= 15 is 0 Å². The molecular formula is C15H29N3O. The summed E-state index contributed by atoms with van der Waals surface area (Å²) in [4.78, 5) is 16.8. The van der Waals surface area contributed by atoms with Gasteiger partial charge in [0.1, 0.15) is 6.04 Å². The summed E-state index contributed by atoms with van der Waals surface area (Å²) in [5.74, 6) is 0.754. The molecule has 2 unspecified atom stereocenters. The monoisotopic (exact) mass is 267 g/mol. The maximum atomic E-state index is 12.5. The molecule has 19 heavy (non-hydrogen) atoms. The van der Waals surface area contributed by atoms with Crippen LogP contribution in [0.25, 0.3) is 0 Å². The van der Waals surface area contributed by atoms with E-state index < -0.39 is 0 Å². The lowest BCUT2D eigenvalue weighted by molar-refractivity contribution is -0.134. The van der Waals surface area contributed by atoms with Crippen LogP contribution in [-0.4, -0.2) is 54.5 Å². The number of amides is 1. The smallest absolute Gasteiger partial charge is 0.240 e. The van der Waals surface area contributed by atoms with Gasteiger partial charge in [-0.1, -0.05) is 32.6 Å². The van der Waals surface area contributed by atoms with Crippen molar-refractivity contribution >= 4 is 5.91 Å². The van der Waals surface area contributed by atoms with E-state index in [0.717, 1.165) is 13.1 Å². The summed E-state index contributed by atoms with van der Waals surface area (Å²) in [5, 5.41) is 0. The Kier molecular flexibility index (Phi) is 5.22. The molecule has 0 spiro atoms. The van der Waals surface area contributed by atoms with Crippen LogP contribution in [0, 0.1) is 5.92 Å². The standard InChI is InChI=1S/C15H29N3O/c1-12-10-17(2)15(19)14(9-16)18(11-12)13-7-5-3-4-6-8-13/h12-14H,3-11,16H2,1-2H3. The summed E-state index contributed by atoms with van der Waals surface area (Å²) >= 11 is 0. The summed E-state index contributed by atoms with van der Waals surface area (Å²) in [6, 6.07) is 0.465. The molecule has 0 radical (unpaired) electrons. The highest BCUT2D eigenvalue weighted by molar-refractivity contribution is 5.82. The highest BCUT2D eigenvalue weighted by atomic mass is 16.2. The molecule has 1 heterocycles. The van der Waals surface area contributed by atoms with E-state index in [0.29, 0.717) is 18.5 Å². The van der Waals surface area contributed by atoms with Crippen LogP contribution in [0.4, 0.5) is 0 Å². The second-order valence-corrected chi connectivity index (χ2v) is 6.42. The molecule has 1 saturated heterocycles. The lowest BCUT2D eigenvalue weighted by atomic mass is 10.0.